The number of aryl methyl sites for hydroxylation is 1. The van der Waals surface area contributed by atoms with E-state index < -0.39 is 0 Å². The molecule has 0 N–H and O–H groups in total. The summed E-state index contributed by atoms with van der Waals surface area (Å²) >= 11 is 0. The molecule has 10 nitrogen and oxygen atoms in total. The lowest BCUT2D eigenvalue weighted by Gasteiger charge is -2.42. The van der Waals surface area contributed by atoms with Crippen molar-refractivity contribution in [2.75, 3.05) is 69.4 Å². The molecule has 0 bridgehead atoms. The minimum Gasteiger partial charge on any atom is -0.462 e. The smallest absolute Gasteiger partial charge is 0.318 e. The fourth-order valence-electron chi connectivity index (χ4n) is 7.01. The van der Waals surface area contributed by atoms with Gasteiger partial charge in [0.2, 0.25) is 5.91 Å². The number of likely N-dealkylation sites (N-methyl/N-ethyl adjacent to an activating group) is 1. The Morgan fingerprint density at radius 3 is 2.73 bits per heavy atom. The Morgan fingerprint density at radius 1 is 1.16 bits per heavy atom. The first-order valence-corrected chi connectivity index (χ1v) is 16.1. The van der Waals surface area contributed by atoms with Gasteiger partial charge in [-0.25, -0.2) is 0 Å². The fraction of sp³-hybridized carbons (Fsp3) is 0.486. The topological polar surface area (TPSA) is 98.1 Å². The predicted molar refractivity (Wildman–Crippen MR) is 176 cm³/mol. The minimum atomic E-state index is -0.240. The maximum Gasteiger partial charge on any atom is 0.318 e. The van der Waals surface area contributed by atoms with Crippen LogP contribution in [0.25, 0.3) is 10.8 Å². The molecule has 0 spiro atoms. The van der Waals surface area contributed by atoms with E-state index in [0.29, 0.717) is 44.8 Å². The molecule has 3 aliphatic heterocycles. The molecule has 10 heteroatoms. The van der Waals surface area contributed by atoms with Gasteiger partial charge in [0.1, 0.15) is 12.4 Å². The fourth-order valence-corrected chi connectivity index (χ4v) is 7.01. The molecule has 0 unspecified atom stereocenters. The molecule has 0 aliphatic carbocycles. The molecule has 1 amide bonds. The number of rotatable bonds is 9. The summed E-state index contributed by atoms with van der Waals surface area (Å²) in [6.07, 6.45) is 4.43. The minimum absolute atomic E-state index is 0.140. The normalized spacial score (nSPS) is 19.0. The summed E-state index contributed by atoms with van der Waals surface area (Å²) in [5.74, 6) is 0.716. The Hall–Kier alpha value is -4.20. The molecule has 1 atom stereocenters. The largest absolute Gasteiger partial charge is 0.462 e. The number of nitrogens with zero attached hydrogens (tertiary/aromatic N) is 7. The summed E-state index contributed by atoms with van der Waals surface area (Å²) in [5, 5.41) is 12.1. The van der Waals surface area contributed by atoms with Crippen molar-refractivity contribution in [2.24, 2.45) is 0 Å². The van der Waals surface area contributed by atoms with Crippen LogP contribution in [0.1, 0.15) is 36.1 Å². The first-order chi connectivity index (χ1) is 22.0. The molecular weight excluding hydrogens is 566 g/mol. The SMILES string of the molecule is C=CC(=O)N1CCN(c2nc(OCCN(C)C3CCOCC3)nc3c2CCN(c2cccc4cccc(C)c24)C3)C[C@@H]1CC#N. The van der Waals surface area contributed by atoms with Crippen molar-refractivity contribution in [1.29, 1.82) is 5.26 Å². The number of piperazine rings is 1. The molecule has 45 heavy (non-hydrogen) atoms. The van der Waals surface area contributed by atoms with Crippen molar-refractivity contribution in [3.8, 4) is 12.1 Å². The van der Waals surface area contributed by atoms with E-state index in [4.69, 9.17) is 19.4 Å². The third kappa shape index (κ3) is 6.60. The van der Waals surface area contributed by atoms with Crippen LogP contribution in [0.15, 0.2) is 49.1 Å². The van der Waals surface area contributed by atoms with Crippen molar-refractivity contribution in [3.63, 3.8) is 0 Å². The first-order valence-electron chi connectivity index (χ1n) is 16.1. The number of hydrogen-bond donors (Lipinski definition) is 0. The maximum atomic E-state index is 12.6. The Morgan fingerprint density at radius 2 is 1.96 bits per heavy atom. The average molecular weight is 610 g/mol. The summed E-state index contributed by atoms with van der Waals surface area (Å²) in [6.45, 7) is 11.8. The zero-order chi connectivity index (χ0) is 31.3. The molecule has 2 fully saturated rings. The van der Waals surface area contributed by atoms with Crippen molar-refractivity contribution in [3.05, 3.63) is 65.9 Å². The molecule has 6 rings (SSSR count). The third-order valence-electron chi connectivity index (χ3n) is 9.51. The number of amides is 1. The van der Waals surface area contributed by atoms with E-state index in [-0.39, 0.29) is 18.4 Å². The molecule has 0 radical (unpaired) electrons. The Labute approximate surface area is 265 Å². The number of carbonyl (C=O) groups excluding carboxylic acids is 1. The molecule has 3 aromatic rings. The number of ether oxygens (including phenoxy) is 2. The van der Waals surface area contributed by atoms with Crippen LogP contribution in [0, 0.1) is 18.3 Å². The van der Waals surface area contributed by atoms with E-state index in [2.05, 4.69) is 77.7 Å². The van der Waals surface area contributed by atoms with Gasteiger partial charge in [0, 0.05) is 68.6 Å². The lowest BCUT2D eigenvalue weighted by Crippen LogP contribution is -2.55. The number of hydrogen-bond acceptors (Lipinski definition) is 9. The van der Waals surface area contributed by atoms with Gasteiger partial charge in [-0.1, -0.05) is 36.9 Å². The summed E-state index contributed by atoms with van der Waals surface area (Å²) in [7, 11) is 2.14. The van der Waals surface area contributed by atoms with E-state index in [1.807, 2.05) is 0 Å². The van der Waals surface area contributed by atoms with Gasteiger partial charge in [-0.2, -0.15) is 15.2 Å². The number of benzene rings is 2. The van der Waals surface area contributed by atoms with Crippen molar-refractivity contribution < 1.29 is 14.3 Å². The Bertz CT molecular complexity index is 1580. The molecule has 4 heterocycles. The van der Waals surface area contributed by atoms with Crippen molar-refractivity contribution in [2.45, 2.75) is 51.2 Å². The van der Waals surface area contributed by atoms with Crippen LogP contribution in [-0.2, 0) is 22.5 Å². The molecule has 236 valence electrons. The molecule has 0 saturated carbocycles. The highest BCUT2D eigenvalue weighted by Gasteiger charge is 2.33. The number of aromatic nitrogens is 2. The van der Waals surface area contributed by atoms with Gasteiger partial charge in [0.15, 0.2) is 0 Å². The second kappa shape index (κ2) is 13.8. The standard InChI is InChI=1S/C35H43N7O3/c1-4-32(43)42-18-17-41(23-28(42)11-15-36)34-29-12-16-40(31-10-6-9-26-8-5-7-25(2)33(26)31)24-30(29)37-35(38-34)45-22-19-39(3)27-13-20-44-21-14-27/h4-10,27-28H,1,11-14,16-24H2,2-3H3/t28-/m0/s1. The maximum absolute atomic E-state index is 12.6. The molecule has 3 aliphatic rings. The molecule has 1 aromatic heterocycles. The summed E-state index contributed by atoms with van der Waals surface area (Å²) in [5.41, 5.74) is 4.55. The van der Waals surface area contributed by atoms with Gasteiger partial charge < -0.3 is 24.2 Å². The lowest BCUT2D eigenvalue weighted by atomic mass is 9.99. The van der Waals surface area contributed by atoms with Crippen LogP contribution in [0.5, 0.6) is 6.01 Å². The molecular formula is C35H43N7O3. The van der Waals surface area contributed by atoms with Crippen molar-refractivity contribution >= 4 is 28.2 Å². The van der Waals surface area contributed by atoms with Crippen LogP contribution in [0.3, 0.4) is 0 Å². The van der Waals surface area contributed by atoms with E-state index in [1.54, 1.807) is 4.90 Å². The lowest BCUT2D eigenvalue weighted by molar-refractivity contribution is -0.128. The van der Waals surface area contributed by atoms with Gasteiger partial charge in [-0.15, -0.1) is 0 Å². The van der Waals surface area contributed by atoms with E-state index in [9.17, 15) is 10.1 Å². The van der Waals surface area contributed by atoms with Crippen LogP contribution < -0.4 is 14.5 Å². The Kier molecular flexibility index (Phi) is 9.47. The number of fused-ring (bicyclic) bond motifs is 2. The highest BCUT2D eigenvalue weighted by molar-refractivity contribution is 5.97. The predicted octanol–water partition coefficient (Wildman–Crippen LogP) is 4.11. The number of nitriles is 1. The van der Waals surface area contributed by atoms with E-state index in [1.165, 1.54) is 28.1 Å². The van der Waals surface area contributed by atoms with Crippen LogP contribution >= 0.6 is 0 Å². The quantitative estimate of drug-likeness (QED) is 0.332. The van der Waals surface area contributed by atoms with Crippen LogP contribution in [0.2, 0.25) is 0 Å². The van der Waals surface area contributed by atoms with Gasteiger partial charge in [0.05, 0.1) is 30.8 Å². The Balaban J connectivity index is 1.29. The van der Waals surface area contributed by atoms with Crippen molar-refractivity contribution in [1.82, 2.24) is 19.8 Å². The summed E-state index contributed by atoms with van der Waals surface area (Å²) < 4.78 is 11.8. The van der Waals surface area contributed by atoms with E-state index >= 15 is 0 Å². The second-order valence-electron chi connectivity index (χ2n) is 12.2. The highest BCUT2D eigenvalue weighted by atomic mass is 16.5. The number of anilines is 2. The summed E-state index contributed by atoms with van der Waals surface area (Å²) in [6, 6.07) is 15.8. The number of carbonyl (C=O) groups is 1. The molecule has 2 saturated heterocycles. The second-order valence-corrected chi connectivity index (χ2v) is 12.2. The molecule has 2 aromatic carbocycles. The van der Waals surface area contributed by atoms with Gasteiger partial charge >= 0.3 is 6.01 Å². The highest BCUT2D eigenvalue weighted by Crippen LogP contribution is 2.36. The van der Waals surface area contributed by atoms with Gasteiger partial charge in [0.25, 0.3) is 0 Å². The summed E-state index contributed by atoms with van der Waals surface area (Å²) in [4.78, 5) is 31.3. The zero-order valence-corrected chi connectivity index (χ0v) is 26.5. The zero-order valence-electron chi connectivity index (χ0n) is 26.5. The monoisotopic (exact) mass is 609 g/mol. The van der Waals surface area contributed by atoms with Crippen LogP contribution in [0.4, 0.5) is 11.5 Å². The third-order valence-corrected chi connectivity index (χ3v) is 9.51. The van der Waals surface area contributed by atoms with E-state index in [0.717, 1.165) is 62.6 Å². The van der Waals surface area contributed by atoms with Gasteiger partial charge in [-0.05, 0) is 56.3 Å². The first kappa shape index (κ1) is 30.8. The van der Waals surface area contributed by atoms with Gasteiger partial charge in [-0.3, -0.25) is 9.69 Å². The average Bonchev–Trinajstić information content (AvgIpc) is 3.07. The van der Waals surface area contributed by atoms with Crippen LogP contribution in [-0.4, -0.2) is 97.4 Å².